The fourth-order valence-corrected chi connectivity index (χ4v) is 5.22. The highest BCUT2D eigenvalue weighted by atomic mass is 32.2. The minimum Gasteiger partial charge on any atom is -0.387 e. The van der Waals surface area contributed by atoms with Crippen molar-refractivity contribution in [3.63, 3.8) is 0 Å². The third-order valence-electron chi connectivity index (χ3n) is 5.81. The van der Waals surface area contributed by atoms with Crippen molar-refractivity contribution >= 4 is 15.9 Å². The maximum Gasteiger partial charge on any atom is 0.248 e. The van der Waals surface area contributed by atoms with Gasteiger partial charge < -0.3 is 14.7 Å². The van der Waals surface area contributed by atoms with Crippen molar-refractivity contribution in [3.8, 4) is 0 Å². The second-order valence-electron chi connectivity index (χ2n) is 7.82. The SMILES string of the molecule is CS(=O)(=O)NC1CCN(C(=O)CO)[C@H]1CO[C@H]1CC[C@@H](c2ccccc2)CC1. The second-order valence-corrected chi connectivity index (χ2v) is 9.60. The Morgan fingerprint density at radius 1 is 1.18 bits per heavy atom. The number of amides is 1. The number of carbonyl (C=O) groups excluding carboxylic acids is 1. The van der Waals surface area contributed by atoms with Gasteiger partial charge in [0.15, 0.2) is 0 Å². The lowest BCUT2D eigenvalue weighted by Crippen LogP contribution is -2.50. The van der Waals surface area contributed by atoms with Gasteiger partial charge in [-0.2, -0.15) is 0 Å². The number of hydrogen-bond donors (Lipinski definition) is 2. The molecular formula is C20H30N2O5S. The van der Waals surface area contributed by atoms with Crippen molar-refractivity contribution < 1.29 is 23.1 Å². The van der Waals surface area contributed by atoms with Crippen molar-refractivity contribution in [2.24, 2.45) is 0 Å². The van der Waals surface area contributed by atoms with Gasteiger partial charge in [0.2, 0.25) is 15.9 Å². The van der Waals surface area contributed by atoms with Crippen LogP contribution in [0.5, 0.6) is 0 Å². The summed E-state index contributed by atoms with van der Waals surface area (Å²) in [6, 6.07) is 9.74. The normalized spacial score (nSPS) is 28.4. The van der Waals surface area contributed by atoms with Gasteiger partial charge in [-0.05, 0) is 43.6 Å². The van der Waals surface area contributed by atoms with Gasteiger partial charge in [0, 0.05) is 12.6 Å². The van der Waals surface area contributed by atoms with Crippen LogP contribution < -0.4 is 4.72 Å². The molecule has 1 aliphatic heterocycles. The molecule has 2 N–H and O–H groups in total. The minimum absolute atomic E-state index is 0.116. The molecule has 0 bridgehead atoms. The smallest absolute Gasteiger partial charge is 0.248 e. The maximum atomic E-state index is 12.0. The van der Waals surface area contributed by atoms with E-state index in [9.17, 15) is 18.3 Å². The van der Waals surface area contributed by atoms with Gasteiger partial charge in [0.1, 0.15) is 6.61 Å². The van der Waals surface area contributed by atoms with Crippen molar-refractivity contribution in [1.82, 2.24) is 9.62 Å². The van der Waals surface area contributed by atoms with E-state index in [1.165, 1.54) is 5.56 Å². The van der Waals surface area contributed by atoms with Gasteiger partial charge in [-0.25, -0.2) is 13.1 Å². The number of aliphatic hydroxyl groups excluding tert-OH is 1. The molecule has 1 amide bonds. The van der Waals surface area contributed by atoms with E-state index in [0.29, 0.717) is 18.9 Å². The molecule has 1 unspecified atom stereocenters. The Hall–Kier alpha value is -1.48. The quantitative estimate of drug-likeness (QED) is 0.705. The van der Waals surface area contributed by atoms with Gasteiger partial charge in [-0.15, -0.1) is 0 Å². The summed E-state index contributed by atoms with van der Waals surface area (Å²) >= 11 is 0. The van der Waals surface area contributed by atoms with Gasteiger partial charge in [-0.1, -0.05) is 30.3 Å². The van der Waals surface area contributed by atoms with Crippen LogP contribution in [-0.4, -0.2) is 68.5 Å². The zero-order valence-corrected chi connectivity index (χ0v) is 17.1. The molecule has 28 heavy (non-hydrogen) atoms. The molecule has 8 heteroatoms. The largest absolute Gasteiger partial charge is 0.387 e. The van der Waals surface area contributed by atoms with E-state index in [1.54, 1.807) is 4.90 Å². The Morgan fingerprint density at radius 3 is 2.46 bits per heavy atom. The average molecular weight is 411 g/mol. The first-order chi connectivity index (χ1) is 13.4. The highest BCUT2D eigenvalue weighted by molar-refractivity contribution is 7.88. The Bertz CT molecular complexity index is 747. The average Bonchev–Trinajstić information content (AvgIpc) is 3.07. The first kappa shape index (κ1) is 21.2. The van der Waals surface area contributed by atoms with E-state index in [1.807, 2.05) is 6.07 Å². The lowest BCUT2D eigenvalue weighted by molar-refractivity contribution is -0.137. The summed E-state index contributed by atoms with van der Waals surface area (Å²) in [5.41, 5.74) is 1.37. The number of ether oxygens (including phenoxy) is 1. The predicted octanol–water partition coefficient (Wildman–Crippen LogP) is 1.24. The molecule has 3 rings (SSSR count). The number of benzene rings is 1. The van der Waals surface area contributed by atoms with Crippen LogP contribution in [0.4, 0.5) is 0 Å². The van der Waals surface area contributed by atoms with Crippen LogP contribution in [0.3, 0.4) is 0 Å². The molecule has 156 valence electrons. The third kappa shape index (κ3) is 5.53. The molecule has 1 aromatic rings. The monoisotopic (exact) mass is 410 g/mol. The Labute approximate surface area is 167 Å². The number of nitrogens with zero attached hydrogens (tertiary/aromatic N) is 1. The first-order valence-electron chi connectivity index (χ1n) is 9.91. The van der Waals surface area contributed by atoms with Crippen LogP contribution in [-0.2, 0) is 19.6 Å². The molecule has 1 aliphatic carbocycles. The minimum atomic E-state index is -3.38. The third-order valence-corrected chi connectivity index (χ3v) is 6.55. The first-order valence-corrected chi connectivity index (χ1v) is 11.8. The molecule has 2 atom stereocenters. The van der Waals surface area contributed by atoms with Crippen molar-refractivity contribution in [3.05, 3.63) is 35.9 Å². The van der Waals surface area contributed by atoms with Crippen LogP contribution in [0.1, 0.15) is 43.6 Å². The maximum absolute atomic E-state index is 12.0. The van der Waals surface area contributed by atoms with E-state index >= 15 is 0 Å². The van der Waals surface area contributed by atoms with Gasteiger partial charge >= 0.3 is 0 Å². The Kier molecular flexibility index (Phi) is 7.09. The van der Waals surface area contributed by atoms with Crippen LogP contribution >= 0.6 is 0 Å². The van der Waals surface area contributed by atoms with E-state index in [-0.39, 0.29) is 30.7 Å². The highest BCUT2D eigenvalue weighted by Crippen LogP contribution is 2.34. The lowest BCUT2D eigenvalue weighted by Gasteiger charge is -2.32. The van der Waals surface area contributed by atoms with Gasteiger partial charge in [-0.3, -0.25) is 4.79 Å². The van der Waals surface area contributed by atoms with Crippen LogP contribution in [0, 0.1) is 0 Å². The summed E-state index contributed by atoms with van der Waals surface area (Å²) in [7, 11) is -3.38. The van der Waals surface area contributed by atoms with E-state index in [2.05, 4.69) is 29.0 Å². The molecule has 2 aliphatic rings. The molecule has 1 heterocycles. The zero-order valence-electron chi connectivity index (χ0n) is 16.3. The number of hydrogen-bond acceptors (Lipinski definition) is 5. The molecule has 2 fully saturated rings. The van der Waals surface area contributed by atoms with E-state index in [4.69, 9.17) is 4.74 Å². The topological polar surface area (TPSA) is 95.9 Å². The van der Waals surface area contributed by atoms with Crippen molar-refractivity contribution in [2.75, 3.05) is 26.0 Å². The summed E-state index contributed by atoms with van der Waals surface area (Å²) < 4.78 is 32.0. The molecule has 0 radical (unpaired) electrons. The summed E-state index contributed by atoms with van der Waals surface area (Å²) in [6.07, 6.45) is 5.77. The van der Waals surface area contributed by atoms with E-state index < -0.39 is 16.6 Å². The number of carbonyl (C=O) groups is 1. The molecule has 0 spiro atoms. The predicted molar refractivity (Wildman–Crippen MR) is 106 cm³/mol. The molecule has 7 nitrogen and oxygen atoms in total. The number of likely N-dealkylation sites (tertiary alicyclic amines) is 1. The molecule has 1 saturated carbocycles. The van der Waals surface area contributed by atoms with Crippen molar-refractivity contribution in [1.29, 1.82) is 0 Å². The van der Waals surface area contributed by atoms with Crippen LogP contribution in [0.25, 0.3) is 0 Å². The lowest BCUT2D eigenvalue weighted by atomic mass is 9.83. The number of sulfonamides is 1. The fourth-order valence-electron chi connectivity index (χ4n) is 4.40. The number of aliphatic hydroxyl groups is 1. The van der Waals surface area contributed by atoms with Gasteiger partial charge in [0.05, 0.1) is 25.0 Å². The Morgan fingerprint density at radius 2 is 1.86 bits per heavy atom. The van der Waals surface area contributed by atoms with Crippen LogP contribution in [0.2, 0.25) is 0 Å². The van der Waals surface area contributed by atoms with Crippen LogP contribution in [0.15, 0.2) is 30.3 Å². The summed E-state index contributed by atoms with van der Waals surface area (Å²) in [4.78, 5) is 13.6. The number of nitrogens with one attached hydrogen (secondary N) is 1. The fraction of sp³-hybridized carbons (Fsp3) is 0.650. The van der Waals surface area contributed by atoms with Crippen molar-refractivity contribution in [2.45, 2.75) is 56.2 Å². The Balaban J connectivity index is 1.55. The zero-order chi connectivity index (χ0) is 20.1. The van der Waals surface area contributed by atoms with E-state index in [0.717, 1.165) is 31.9 Å². The summed E-state index contributed by atoms with van der Waals surface area (Å²) in [5, 5.41) is 9.22. The number of rotatable bonds is 7. The highest BCUT2D eigenvalue weighted by Gasteiger charge is 2.39. The van der Waals surface area contributed by atoms with Gasteiger partial charge in [0.25, 0.3) is 0 Å². The molecule has 0 aromatic heterocycles. The molecule has 1 aromatic carbocycles. The molecular weight excluding hydrogens is 380 g/mol. The molecule has 1 saturated heterocycles. The second kappa shape index (κ2) is 9.35. The standard InChI is InChI=1S/C20H30N2O5S/c1-28(25,26)21-18-11-12-22(20(24)13-23)19(18)14-27-17-9-7-16(8-10-17)15-5-3-2-4-6-15/h2-6,16-19,21,23H,7-14H2,1H3/t16-,17+,18?,19-/m0/s1. The summed E-state index contributed by atoms with van der Waals surface area (Å²) in [5.74, 6) is 0.166. The summed E-state index contributed by atoms with van der Waals surface area (Å²) in [6.45, 7) is 0.116.